The smallest absolute Gasteiger partial charge is 0.416 e. The van der Waals surface area contributed by atoms with Gasteiger partial charge in [0.2, 0.25) is 0 Å². The number of halogens is 3. The number of ether oxygens (including phenoxy) is 2. The number of methoxy groups -OCH3 is 1. The Morgan fingerprint density at radius 2 is 1.71 bits per heavy atom. The number of fused-ring (bicyclic) bond motifs is 1. The minimum absolute atomic E-state index is 0.0572. The summed E-state index contributed by atoms with van der Waals surface area (Å²) in [6.45, 7) is 0.239. The summed E-state index contributed by atoms with van der Waals surface area (Å²) in [6, 6.07) is 18.6. The van der Waals surface area contributed by atoms with Crippen LogP contribution in [0.15, 0.2) is 66.7 Å². The van der Waals surface area contributed by atoms with Crippen molar-refractivity contribution >= 4 is 11.9 Å². The maximum Gasteiger partial charge on any atom is 0.416 e. The minimum atomic E-state index is -4.57. The molecule has 3 aromatic carbocycles. The molecule has 1 atom stereocenters. The van der Waals surface area contributed by atoms with Crippen LogP contribution in [-0.2, 0) is 39.9 Å². The first kappa shape index (κ1) is 24.5. The zero-order chi connectivity index (χ0) is 25.0. The van der Waals surface area contributed by atoms with Crippen molar-refractivity contribution in [3.05, 3.63) is 106 Å². The van der Waals surface area contributed by atoms with E-state index in [1.165, 1.54) is 6.07 Å². The number of carbonyl (C=O) groups excluding carboxylic acids is 2. The largest absolute Gasteiger partial charge is 0.465 e. The lowest BCUT2D eigenvalue weighted by Gasteiger charge is -2.14. The zero-order valence-electron chi connectivity index (χ0n) is 19.2. The second-order valence-corrected chi connectivity index (χ2v) is 8.70. The highest BCUT2D eigenvalue weighted by Gasteiger charge is 2.32. The Labute approximate surface area is 201 Å². The Bertz CT molecular complexity index is 1220. The molecule has 3 aromatic rings. The average molecular weight is 482 g/mol. The fourth-order valence-corrected chi connectivity index (χ4v) is 4.51. The molecule has 0 saturated carbocycles. The van der Waals surface area contributed by atoms with E-state index in [9.17, 15) is 22.8 Å². The van der Waals surface area contributed by atoms with Gasteiger partial charge in [0.25, 0.3) is 0 Å². The summed E-state index contributed by atoms with van der Waals surface area (Å²) in [4.78, 5) is 24.2. The molecule has 1 aliphatic carbocycles. The van der Waals surface area contributed by atoms with Crippen LogP contribution in [0.1, 0.15) is 62.5 Å². The number of hydrogen-bond donors (Lipinski definition) is 0. The Kier molecular flexibility index (Phi) is 7.24. The lowest BCUT2D eigenvalue weighted by atomic mass is 9.94. The van der Waals surface area contributed by atoms with Crippen molar-refractivity contribution in [2.45, 2.75) is 44.4 Å². The molecule has 0 radical (unpaired) electrons. The number of aryl methyl sites for hydroxylation is 1. The Morgan fingerprint density at radius 1 is 0.943 bits per heavy atom. The van der Waals surface area contributed by atoms with E-state index in [0.717, 1.165) is 54.3 Å². The minimum Gasteiger partial charge on any atom is -0.465 e. The van der Waals surface area contributed by atoms with Gasteiger partial charge in [-0.25, -0.2) is 4.79 Å². The van der Waals surface area contributed by atoms with Crippen molar-refractivity contribution < 1.29 is 32.2 Å². The molecule has 0 saturated heterocycles. The number of carbonyl (C=O) groups is 2. The van der Waals surface area contributed by atoms with Crippen molar-refractivity contribution in [2.24, 2.45) is 0 Å². The highest BCUT2D eigenvalue weighted by Crippen LogP contribution is 2.37. The van der Waals surface area contributed by atoms with Crippen molar-refractivity contribution in [3.63, 3.8) is 0 Å². The van der Waals surface area contributed by atoms with Gasteiger partial charge in [0.15, 0.2) is 0 Å². The second-order valence-electron chi connectivity index (χ2n) is 8.70. The molecule has 4 nitrogen and oxygen atoms in total. The van der Waals surface area contributed by atoms with Gasteiger partial charge in [-0.15, -0.1) is 0 Å². The van der Waals surface area contributed by atoms with E-state index in [0.29, 0.717) is 5.56 Å². The van der Waals surface area contributed by atoms with E-state index < -0.39 is 17.7 Å². The molecule has 0 aromatic heterocycles. The van der Waals surface area contributed by atoms with Crippen LogP contribution < -0.4 is 0 Å². The predicted molar refractivity (Wildman–Crippen MR) is 124 cm³/mol. The molecule has 4 rings (SSSR count). The van der Waals surface area contributed by atoms with Crippen molar-refractivity contribution in [2.75, 3.05) is 7.11 Å². The Balaban J connectivity index is 1.45. The van der Waals surface area contributed by atoms with E-state index >= 15 is 0 Å². The topological polar surface area (TPSA) is 52.6 Å². The lowest BCUT2D eigenvalue weighted by Crippen LogP contribution is -2.10. The monoisotopic (exact) mass is 482 g/mol. The summed E-state index contributed by atoms with van der Waals surface area (Å²) in [7, 11) is 1.14. The third kappa shape index (κ3) is 6.10. The van der Waals surface area contributed by atoms with Gasteiger partial charge >= 0.3 is 18.1 Å². The van der Waals surface area contributed by atoms with Crippen molar-refractivity contribution in [1.29, 1.82) is 0 Å². The van der Waals surface area contributed by atoms with Crippen LogP contribution in [0.5, 0.6) is 0 Å². The zero-order valence-corrected chi connectivity index (χ0v) is 19.2. The molecule has 0 bridgehead atoms. The molecule has 182 valence electrons. The summed E-state index contributed by atoms with van der Waals surface area (Å²) >= 11 is 0. The van der Waals surface area contributed by atoms with Crippen LogP contribution in [0.4, 0.5) is 13.2 Å². The van der Waals surface area contributed by atoms with Gasteiger partial charge < -0.3 is 9.47 Å². The quantitative estimate of drug-likeness (QED) is 0.374. The summed E-state index contributed by atoms with van der Waals surface area (Å²) in [5.41, 5.74) is 3.29. The predicted octanol–water partition coefficient (Wildman–Crippen LogP) is 6.25. The maximum atomic E-state index is 13.3. The Morgan fingerprint density at radius 3 is 2.43 bits per heavy atom. The van der Waals surface area contributed by atoms with Crippen molar-refractivity contribution in [3.8, 4) is 0 Å². The van der Waals surface area contributed by atoms with E-state index in [4.69, 9.17) is 4.74 Å². The number of rotatable bonds is 7. The highest BCUT2D eigenvalue weighted by molar-refractivity contribution is 5.89. The van der Waals surface area contributed by atoms with Crippen LogP contribution in [-0.4, -0.2) is 19.0 Å². The maximum absolute atomic E-state index is 13.3. The molecule has 7 heteroatoms. The molecule has 0 fully saturated rings. The fourth-order valence-electron chi connectivity index (χ4n) is 4.51. The van der Waals surface area contributed by atoms with E-state index in [1.807, 2.05) is 48.5 Å². The number of benzene rings is 3. The third-order valence-electron chi connectivity index (χ3n) is 6.21. The number of hydrogen-bond acceptors (Lipinski definition) is 4. The molecule has 35 heavy (non-hydrogen) atoms. The highest BCUT2D eigenvalue weighted by atomic mass is 19.4. The van der Waals surface area contributed by atoms with Crippen LogP contribution in [0.2, 0.25) is 0 Å². The SMILES string of the molecule is COC(=O)c1cc(Cc2ccc3c(c2)CCC3CC(=O)OCc2ccccc2)cc(C(F)(F)F)c1. The normalized spacial score (nSPS) is 14.9. The summed E-state index contributed by atoms with van der Waals surface area (Å²) in [5, 5.41) is 0. The summed E-state index contributed by atoms with van der Waals surface area (Å²) in [5.74, 6) is -1.01. The van der Waals surface area contributed by atoms with Crippen LogP contribution >= 0.6 is 0 Å². The van der Waals surface area contributed by atoms with Gasteiger partial charge in [0.05, 0.1) is 24.7 Å². The molecule has 0 spiro atoms. The van der Waals surface area contributed by atoms with Gasteiger partial charge in [-0.3, -0.25) is 4.79 Å². The Hall–Kier alpha value is -3.61. The van der Waals surface area contributed by atoms with E-state index in [2.05, 4.69) is 4.74 Å². The first-order chi connectivity index (χ1) is 16.7. The molecule has 0 N–H and O–H groups in total. The first-order valence-corrected chi connectivity index (χ1v) is 11.3. The van der Waals surface area contributed by atoms with Crippen molar-refractivity contribution in [1.82, 2.24) is 0 Å². The first-order valence-electron chi connectivity index (χ1n) is 11.3. The van der Waals surface area contributed by atoms with E-state index in [1.54, 1.807) is 0 Å². The lowest BCUT2D eigenvalue weighted by molar-refractivity contribution is -0.145. The molecular weight excluding hydrogens is 457 g/mol. The molecular formula is C28H25F3O4. The van der Waals surface area contributed by atoms with Crippen LogP contribution in [0, 0.1) is 0 Å². The van der Waals surface area contributed by atoms with Gasteiger partial charge in [-0.1, -0.05) is 48.5 Å². The fraction of sp³-hybridized carbons (Fsp3) is 0.286. The molecule has 0 aliphatic heterocycles. The van der Waals surface area contributed by atoms with Gasteiger partial charge in [-0.2, -0.15) is 13.2 Å². The van der Waals surface area contributed by atoms with Crippen LogP contribution in [0.25, 0.3) is 0 Å². The third-order valence-corrected chi connectivity index (χ3v) is 6.21. The standard InChI is InChI=1S/C28H25F3O4/c1-34-27(33)23-13-20(14-24(15-23)28(29,30)31)11-19-7-10-25-21(12-19)8-9-22(25)16-26(32)35-17-18-5-3-2-4-6-18/h2-7,10,12-15,22H,8-9,11,16-17H2,1H3. The van der Waals surface area contributed by atoms with Crippen LogP contribution in [0.3, 0.4) is 0 Å². The van der Waals surface area contributed by atoms with E-state index in [-0.39, 0.29) is 36.9 Å². The molecule has 1 unspecified atom stereocenters. The number of esters is 2. The van der Waals surface area contributed by atoms with Gasteiger partial charge in [0, 0.05) is 0 Å². The average Bonchev–Trinajstić information content (AvgIpc) is 3.23. The number of alkyl halides is 3. The second kappa shape index (κ2) is 10.3. The van der Waals surface area contributed by atoms with Gasteiger partial charge in [-0.05, 0) is 71.2 Å². The summed E-state index contributed by atoms with van der Waals surface area (Å²) < 4.78 is 50.1. The summed E-state index contributed by atoms with van der Waals surface area (Å²) in [6.07, 6.45) is -2.44. The van der Waals surface area contributed by atoms with Gasteiger partial charge in [0.1, 0.15) is 6.61 Å². The molecule has 0 heterocycles. The molecule has 1 aliphatic rings. The molecule has 0 amide bonds.